The Hall–Kier alpha value is -6.78. The van der Waals surface area contributed by atoms with Crippen LogP contribution in [0.2, 0.25) is 0 Å². The van der Waals surface area contributed by atoms with Crippen molar-refractivity contribution in [2.75, 3.05) is 0 Å². The molecule has 0 radical (unpaired) electrons. The molecule has 6 aromatic carbocycles. The van der Waals surface area contributed by atoms with E-state index in [-0.39, 0.29) is 0 Å². The summed E-state index contributed by atoms with van der Waals surface area (Å²) < 4.78 is 4.76. The molecule has 3 aromatic heterocycles. The molecule has 4 nitrogen and oxygen atoms in total. The molecule has 0 amide bonds. The quantitative estimate of drug-likeness (QED) is 0.185. The first-order valence-corrected chi connectivity index (χ1v) is 17.4. The average molecular weight is 653 g/mol. The smallest absolute Gasteiger partial charge is 0.159 e. The number of para-hydroxylation sites is 2. The van der Waals surface area contributed by atoms with Gasteiger partial charge in [0.15, 0.2) is 5.82 Å². The third-order valence-electron chi connectivity index (χ3n) is 10.0. The molecule has 0 saturated heterocycles. The second-order valence-electron chi connectivity index (χ2n) is 13.0. The molecular formula is C47H32N4. The normalized spacial score (nSPS) is 12.5. The van der Waals surface area contributed by atoms with Crippen molar-refractivity contribution >= 4 is 38.8 Å². The summed E-state index contributed by atoms with van der Waals surface area (Å²) >= 11 is 0. The van der Waals surface area contributed by atoms with Gasteiger partial charge in [-0.1, -0.05) is 140 Å². The number of nitrogens with zero attached hydrogens (tertiary/aromatic N) is 4. The fraction of sp³-hybridized carbons (Fsp3) is 0.0213. The molecule has 0 atom stereocenters. The minimum absolute atomic E-state index is 0.712. The molecule has 0 spiro atoms. The molecule has 0 unspecified atom stereocenters. The maximum atomic E-state index is 5.25. The van der Waals surface area contributed by atoms with Crippen LogP contribution < -0.4 is 0 Å². The van der Waals surface area contributed by atoms with Crippen molar-refractivity contribution < 1.29 is 0 Å². The van der Waals surface area contributed by atoms with Crippen LogP contribution in [0.1, 0.15) is 11.3 Å². The number of rotatable bonds is 5. The molecule has 0 fully saturated rings. The summed E-state index contributed by atoms with van der Waals surface area (Å²) in [7, 11) is 0. The fourth-order valence-corrected chi connectivity index (χ4v) is 7.70. The zero-order chi connectivity index (χ0) is 33.7. The van der Waals surface area contributed by atoms with Gasteiger partial charge in [0, 0.05) is 50.7 Å². The maximum absolute atomic E-state index is 5.25. The summed E-state index contributed by atoms with van der Waals surface area (Å²) in [6, 6.07) is 53.8. The Morgan fingerprint density at radius 1 is 0.490 bits per heavy atom. The molecule has 4 heteroatoms. The van der Waals surface area contributed by atoms with Gasteiger partial charge in [0.2, 0.25) is 0 Å². The predicted molar refractivity (Wildman–Crippen MR) is 211 cm³/mol. The van der Waals surface area contributed by atoms with Crippen LogP contribution in [0, 0.1) is 0 Å². The van der Waals surface area contributed by atoms with E-state index in [4.69, 9.17) is 9.97 Å². The van der Waals surface area contributed by atoms with Gasteiger partial charge in [0.25, 0.3) is 0 Å². The van der Waals surface area contributed by atoms with Crippen LogP contribution in [0.3, 0.4) is 0 Å². The molecule has 3 heterocycles. The van der Waals surface area contributed by atoms with E-state index in [1.54, 1.807) is 0 Å². The van der Waals surface area contributed by atoms with E-state index in [9.17, 15) is 0 Å². The summed E-state index contributed by atoms with van der Waals surface area (Å²) in [5.41, 5.74) is 13.4. The second-order valence-corrected chi connectivity index (χ2v) is 13.0. The van der Waals surface area contributed by atoms with E-state index in [2.05, 4.69) is 167 Å². The van der Waals surface area contributed by atoms with Crippen LogP contribution >= 0.6 is 0 Å². The van der Waals surface area contributed by atoms with Gasteiger partial charge in [-0.2, -0.15) is 0 Å². The van der Waals surface area contributed by atoms with Crippen LogP contribution in [-0.4, -0.2) is 19.1 Å². The van der Waals surface area contributed by atoms with E-state index in [1.807, 2.05) is 24.4 Å². The fourth-order valence-electron chi connectivity index (χ4n) is 7.70. The number of hydrogen-bond donors (Lipinski definition) is 0. The van der Waals surface area contributed by atoms with Gasteiger partial charge >= 0.3 is 0 Å². The van der Waals surface area contributed by atoms with Crippen molar-refractivity contribution in [1.29, 1.82) is 0 Å². The topological polar surface area (TPSA) is 35.6 Å². The third-order valence-corrected chi connectivity index (χ3v) is 10.0. The third kappa shape index (κ3) is 4.84. The monoisotopic (exact) mass is 652 g/mol. The molecule has 1 aliphatic carbocycles. The van der Waals surface area contributed by atoms with Gasteiger partial charge in [0.1, 0.15) is 0 Å². The molecule has 0 aliphatic heterocycles. The second kappa shape index (κ2) is 12.0. The standard InChI is InChI=1S/C47H32N4/c1-5-15-32(16-6-1)46-45(31-48-47(49-46)33-17-7-2-8-18-33)51-42-23-12-4-11-21-37(42)39-27-25-35(30-44(39)51)34-26-28-43-40(29-34)38-22-13-14-24-41(38)50(43)36-19-9-3-10-20-36/h1-22,24-31H,23H2. The molecule has 240 valence electrons. The summed E-state index contributed by atoms with van der Waals surface area (Å²) in [6.07, 6.45) is 11.6. The van der Waals surface area contributed by atoms with E-state index < -0.39 is 0 Å². The Kier molecular flexibility index (Phi) is 6.85. The van der Waals surface area contributed by atoms with Crippen molar-refractivity contribution in [2.45, 2.75) is 6.42 Å². The molecule has 51 heavy (non-hydrogen) atoms. The van der Waals surface area contributed by atoms with E-state index >= 15 is 0 Å². The highest BCUT2D eigenvalue weighted by Crippen LogP contribution is 2.40. The molecule has 0 saturated carbocycles. The lowest BCUT2D eigenvalue weighted by molar-refractivity contribution is 0.978. The van der Waals surface area contributed by atoms with Crippen molar-refractivity contribution in [3.8, 4) is 45.1 Å². The van der Waals surface area contributed by atoms with Gasteiger partial charge in [-0.25, -0.2) is 9.97 Å². The highest BCUT2D eigenvalue weighted by Gasteiger charge is 2.22. The first-order valence-electron chi connectivity index (χ1n) is 17.4. The Bertz CT molecular complexity index is 2800. The molecular weight excluding hydrogens is 621 g/mol. The average Bonchev–Trinajstić information content (AvgIpc) is 3.57. The van der Waals surface area contributed by atoms with E-state index in [0.717, 1.165) is 45.7 Å². The highest BCUT2D eigenvalue weighted by molar-refractivity contribution is 6.10. The SMILES string of the molecule is C1=CCc2c(c3ccc(-c4ccc5c(c4)c4ccccc4n5-c4ccccc4)cc3n2-c2cnc(-c3ccccc3)nc2-c2ccccc2)C=C1. The lowest BCUT2D eigenvalue weighted by Gasteiger charge is -2.16. The van der Waals surface area contributed by atoms with Crippen molar-refractivity contribution in [3.63, 3.8) is 0 Å². The molecule has 10 rings (SSSR count). The Morgan fingerprint density at radius 2 is 1.18 bits per heavy atom. The lowest BCUT2D eigenvalue weighted by Crippen LogP contribution is -2.06. The largest absolute Gasteiger partial charge is 0.309 e. The molecule has 0 N–H and O–H groups in total. The summed E-state index contributed by atoms with van der Waals surface area (Å²) in [5, 5.41) is 3.69. The molecule has 1 aliphatic rings. The summed E-state index contributed by atoms with van der Waals surface area (Å²) in [4.78, 5) is 10.2. The molecule has 0 bridgehead atoms. The van der Waals surface area contributed by atoms with Gasteiger partial charge in [0.05, 0.1) is 34.1 Å². The zero-order valence-electron chi connectivity index (χ0n) is 27.8. The first-order chi connectivity index (χ1) is 25.3. The number of fused-ring (bicyclic) bond motifs is 6. The summed E-state index contributed by atoms with van der Waals surface area (Å²) in [5.74, 6) is 0.712. The van der Waals surface area contributed by atoms with Gasteiger partial charge in [-0.15, -0.1) is 0 Å². The van der Waals surface area contributed by atoms with Crippen LogP contribution in [0.15, 0.2) is 176 Å². The maximum Gasteiger partial charge on any atom is 0.159 e. The number of hydrogen-bond acceptors (Lipinski definition) is 2. The van der Waals surface area contributed by atoms with Gasteiger partial charge in [-0.3, -0.25) is 0 Å². The number of aromatic nitrogens is 4. The first kappa shape index (κ1) is 29.2. The van der Waals surface area contributed by atoms with E-state index in [0.29, 0.717) is 5.82 Å². The van der Waals surface area contributed by atoms with Crippen molar-refractivity contribution in [2.24, 2.45) is 0 Å². The lowest BCUT2D eigenvalue weighted by atomic mass is 10.0. The predicted octanol–water partition coefficient (Wildman–Crippen LogP) is 11.6. The summed E-state index contributed by atoms with van der Waals surface area (Å²) in [6.45, 7) is 0. The zero-order valence-corrected chi connectivity index (χ0v) is 27.8. The molecule has 9 aromatic rings. The minimum Gasteiger partial charge on any atom is -0.309 e. The minimum atomic E-state index is 0.712. The van der Waals surface area contributed by atoms with Crippen LogP contribution in [0.25, 0.3) is 83.9 Å². The van der Waals surface area contributed by atoms with Crippen molar-refractivity contribution in [1.82, 2.24) is 19.1 Å². The van der Waals surface area contributed by atoms with Crippen LogP contribution in [0.4, 0.5) is 0 Å². The van der Waals surface area contributed by atoms with Gasteiger partial charge in [-0.05, 0) is 47.5 Å². The van der Waals surface area contributed by atoms with E-state index in [1.165, 1.54) is 44.0 Å². The Morgan fingerprint density at radius 3 is 2.00 bits per heavy atom. The number of benzene rings is 6. The highest BCUT2D eigenvalue weighted by atomic mass is 15.0. The van der Waals surface area contributed by atoms with Gasteiger partial charge < -0.3 is 9.13 Å². The Labute approximate surface area is 295 Å². The van der Waals surface area contributed by atoms with Crippen LogP contribution in [-0.2, 0) is 6.42 Å². The number of allylic oxidation sites excluding steroid dienone is 3. The van der Waals surface area contributed by atoms with Crippen molar-refractivity contribution in [3.05, 3.63) is 187 Å². The van der Waals surface area contributed by atoms with Crippen LogP contribution in [0.5, 0.6) is 0 Å². The Balaban J connectivity index is 1.20.